The van der Waals surface area contributed by atoms with Crippen molar-refractivity contribution in [2.45, 2.75) is 20.8 Å². The van der Waals surface area contributed by atoms with Crippen LogP contribution in [0.3, 0.4) is 0 Å². The molecule has 0 aliphatic rings. The van der Waals surface area contributed by atoms with Gasteiger partial charge in [0.05, 0.1) is 0 Å². The number of Topliss-reactive ketones (excluding diaryl/α,β-unsaturated/α-hetero) is 1. The normalized spacial score (nSPS) is 10.3. The summed E-state index contributed by atoms with van der Waals surface area (Å²) in [6.07, 6.45) is 0. The first-order valence-electron chi connectivity index (χ1n) is 5.93. The maximum absolute atomic E-state index is 12.0. The van der Waals surface area contributed by atoms with Crippen LogP contribution in [0, 0.1) is 13.8 Å². The smallest absolute Gasteiger partial charge is 0.276 e. The fourth-order valence-electron chi connectivity index (χ4n) is 1.68. The maximum Gasteiger partial charge on any atom is 0.276 e. The number of anilines is 1. The summed E-state index contributed by atoms with van der Waals surface area (Å²) in [6, 6.07) is 6.76. The molecule has 1 amide bonds. The summed E-state index contributed by atoms with van der Waals surface area (Å²) in [4.78, 5) is 23.2. The van der Waals surface area contributed by atoms with E-state index in [0.717, 1.165) is 11.3 Å². The van der Waals surface area contributed by atoms with Crippen LogP contribution in [0.5, 0.6) is 0 Å². The van der Waals surface area contributed by atoms with Crippen molar-refractivity contribution in [3.8, 4) is 0 Å². The highest BCUT2D eigenvalue weighted by atomic mass is 16.2. The number of aromatic amines is 1. The van der Waals surface area contributed by atoms with Gasteiger partial charge in [0.15, 0.2) is 11.5 Å². The first-order chi connectivity index (χ1) is 8.99. The number of amides is 1. The molecule has 0 spiro atoms. The van der Waals surface area contributed by atoms with Crippen LogP contribution in [0.2, 0.25) is 0 Å². The molecule has 0 aliphatic heterocycles. The fraction of sp³-hybridized carbons (Fsp3) is 0.214. The second-order valence-electron chi connectivity index (χ2n) is 4.41. The van der Waals surface area contributed by atoms with Gasteiger partial charge < -0.3 is 5.32 Å². The molecule has 1 aromatic heterocycles. The number of hydrogen-bond donors (Lipinski definition) is 2. The molecule has 5 nitrogen and oxygen atoms in total. The van der Waals surface area contributed by atoms with Crippen LogP contribution >= 0.6 is 0 Å². The van der Waals surface area contributed by atoms with E-state index in [1.54, 1.807) is 24.3 Å². The molecule has 1 heterocycles. The molecule has 0 fully saturated rings. The van der Waals surface area contributed by atoms with Gasteiger partial charge >= 0.3 is 0 Å². The average molecular weight is 257 g/mol. The summed E-state index contributed by atoms with van der Waals surface area (Å²) in [5, 5.41) is 9.48. The lowest BCUT2D eigenvalue weighted by atomic mass is 10.1. The van der Waals surface area contributed by atoms with Crippen LogP contribution in [0.4, 0.5) is 5.69 Å². The molecular formula is C14H15N3O2. The monoisotopic (exact) mass is 257 g/mol. The summed E-state index contributed by atoms with van der Waals surface area (Å²) in [7, 11) is 0. The van der Waals surface area contributed by atoms with Crippen LogP contribution in [0.15, 0.2) is 24.3 Å². The van der Waals surface area contributed by atoms with E-state index in [1.165, 1.54) is 6.92 Å². The molecule has 2 aromatic rings. The third-order valence-electron chi connectivity index (χ3n) is 3.02. The Bertz CT molecular complexity index is 627. The summed E-state index contributed by atoms with van der Waals surface area (Å²) in [5.41, 5.74) is 3.34. The van der Waals surface area contributed by atoms with Gasteiger partial charge in [-0.15, -0.1) is 0 Å². The fourth-order valence-corrected chi connectivity index (χ4v) is 1.68. The molecule has 0 unspecified atom stereocenters. The Morgan fingerprint density at radius 2 is 1.79 bits per heavy atom. The van der Waals surface area contributed by atoms with Crippen LogP contribution < -0.4 is 5.32 Å². The zero-order valence-corrected chi connectivity index (χ0v) is 11.1. The summed E-state index contributed by atoms with van der Waals surface area (Å²) < 4.78 is 0. The van der Waals surface area contributed by atoms with Gasteiger partial charge in [0.25, 0.3) is 5.91 Å². The van der Waals surface area contributed by atoms with Crippen molar-refractivity contribution in [3.05, 3.63) is 46.8 Å². The Hall–Kier alpha value is -2.43. The van der Waals surface area contributed by atoms with Crippen molar-refractivity contribution in [2.75, 3.05) is 5.32 Å². The summed E-state index contributed by atoms with van der Waals surface area (Å²) in [6.45, 7) is 5.21. The Kier molecular flexibility index (Phi) is 3.46. The van der Waals surface area contributed by atoms with E-state index in [1.807, 2.05) is 13.8 Å². The van der Waals surface area contributed by atoms with Gasteiger partial charge in [-0.05, 0) is 45.0 Å². The summed E-state index contributed by atoms with van der Waals surface area (Å²) >= 11 is 0. The van der Waals surface area contributed by atoms with Gasteiger partial charge in [0.2, 0.25) is 0 Å². The molecule has 0 aliphatic carbocycles. The van der Waals surface area contributed by atoms with E-state index >= 15 is 0 Å². The third kappa shape index (κ3) is 2.70. The highest BCUT2D eigenvalue weighted by Crippen LogP contribution is 2.13. The average Bonchev–Trinajstić information content (AvgIpc) is 2.70. The number of aromatic nitrogens is 2. The van der Waals surface area contributed by atoms with Crippen molar-refractivity contribution in [2.24, 2.45) is 0 Å². The Balaban J connectivity index is 2.15. The number of nitrogens with zero attached hydrogens (tertiary/aromatic N) is 1. The molecular weight excluding hydrogens is 242 g/mol. The minimum atomic E-state index is -0.266. The molecule has 1 aromatic carbocycles. The van der Waals surface area contributed by atoms with Crippen LogP contribution in [0.1, 0.15) is 39.0 Å². The Labute approximate surface area is 111 Å². The van der Waals surface area contributed by atoms with Crippen molar-refractivity contribution >= 4 is 17.4 Å². The second-order valence-corrected chi connectivity index (χ2v) is 4.41. The molecule has 5 heteroatoms. The SMILES string of the molecule is CC(=O)c1ccc(NC(=O)c2n[nH]c(C)c2C)cc1. The molecule has 0 radical (unpaired) electrons. The number of carbonyl (C=O) groups is 2. The molecule has 98 valence electrons. The summed E-state index contributed by atoms with van der Waals surface area (Å²) in [5.74, 6) is -0.269. The molecule has 0 atom stereocenters. The molecule has 0 saturated carbocycles. The van der Waals surface area contributed by atoms with Crippen molar-refractivity contribution in [1.29, 1.82) is 0 Å². The quantitative estimate of drug-likeness (QED) is 0.829. The molecule has 19 heavy (non-hydrogen) atoms. The van der Waals surface area contributed by atoms with E-state index in [2.05, 4.69) is 15.5 Å². The number of aryl methyl sites for hydroxylation is 1. The van der Waals surface area contributed by atoms with Gasteiger partial charge in [-0.25, -0.2) is 0 Å². The minimum Gasteiger partial charge on any atom is -0.321 e. The molecule has 2 rings (SSSR count). The number of hydrogen-bond acceptors (Lipinski definition) is 3. The van der Waals surface area contributed by atoms with Gasteiger partial charge in [0.1, 0.15) is 0 Å². The van der Waals surface area contributed by atoms with E-state index < -0.39 is 0 Å². The van der Waals surface area contributed by atoms with Crippen molar-refractivity contribution in [3.63, 3.8) is 0 Å². The van der Waals surface area contributed by atoms with E-state index in [0.29, 0.717) is 16.9 Å². The number of H-pyrrole nitrogens is 1. The number of ketones is 1. The van der Waals surface area contributed by atoms with Gasteiger partial charge in [-0.3, -0.25) is 14.7 Å². The zero-order valence-electron chi connectivity index (χ0n) is 11.1. The largest absolute Gasteiger partial charge is 0.321 e. The lowest BCUT2D eigenvalue weighted by molar-refractivity contribution is 0.101. The lowest BCUT2D eigenvalue weighted by Crippen LogP contribution is -2.13. The van der Waals surface area contributed by atoms with Crippen molar-refractivity contribution < 1.29 is 9.59 Å². The van der Waals surface area contributed by atoms with Crippen LogP contribution in [0.25, 0.3) is 0 Å². The number of rotatable bonds is 3. The van der Waals surface area contributed by atoms with Gasteiger partial charge in [-0.2, -0.15) is 5.10 Å². The topological polar surface area (TPSA) is 74.8 Å². The highest BCUT2D eigenvalue weighted by Gasteiger charge is 2.14. The molecule has 0 bridgehead atoms. The van der Waals surface area contributed by atoms with Crippen LogP contribution in [-0.2, 0) is 0 Å². The first-order valence-corrected chi connectivity index (χ1v) is 5.93. The van der Waals surface area contributed by atoms with Crippen LogP contribution in [-0.4, -0.2) is 21.9 Å². The van der Waals surface area contributed by atoms with Gasteiger partial charge in [0, 0.05) is 22.5 Å². The zero-order chi connectivity index (χ0) is 14.0. The molecule has 2 N–H and O–H groups in total. The molecule has 0 saturated heterocycles. The predicted molar refractivity (Wildman–Crippen MR) is 72.5 cm³/mol. The third-order valence-corrected chi connectivity index (χ3v) is 3.02. The van der Waals surface area contributed by atoms with Gasteiger partial charge in [-0.1, -0.05) is 0 Å². The Morgan fingerprint density at radius 3 is 2.26 bits per heavy atom. The number of nitrogens with one attached hydrogen (secondary N) is 2. The highest BCUT2D eigenvalue weighted by molar-refractivity contribution is 6.04. The predicted octanol–water partition coefficient (Wildman–Crippen LogP) is 2.48. The first kappa shape index (κ1) is 13.0. The van der Waals surface area contributed by atoms with E-state index in [-0.39, 0.29) is 11.7 Å². The van der Waals surface area contributed by atoms with E-state index in [9.17, 15) is 9.59 Å². The Morgan fingerprint density at radius 1 is 1.16 bits per heavy atom. The van der Waals surface area contributed by atoms with Crippen molar-refractivity contribution in [1.82, 2.24) is 10.2 Å². The number of benzene rings is 1. The van der Waals surface area contributed by atoms with E-state index in [4.69, 9.17) is 0 Å². The standard InChI is InChI=1S/C14H15N3O2/c1-8-9(2)16-17-13(8)14(19)15-12-6-4-11(5-7-12)10(3)18/h4-7H,1-3H3,(H,15,19)(H,16,17). The second kappa shape index (κ2) is 5.06. The minimum absolute atomic E-state index is 0.00310. The number of carbonyl (C=O) groups excluding carboxylic acids is 2. The lowest BCUT2D eigenvalue weighted by Gasteiger charge is -2.04. The maximum atomic E-state index is 12.0.